The predicted molar refractivity (Wildman–Crippen MR) is 102 cm³/mol. The molecular weight excluding hydrogens is 308 g/mol. The lowest BCUT2D eigenvalue weighted by molar-refractivity contribution is 0.185. The highest BCUT2D eigenvalue weighted by Gasteiger charge is 2.21. The molecule has 2 heterocycles. The second-order valence-electron chi connectivity index (χ2n) is 7.42. The van der Waals surface area contributed by atoms with Crippen LogP contribution in [-0.4, -0.2) is 20.7 Å². The van der Waals surface area contributed by atoms with Gasteiger partial charge in [0, 0.05) is 43.8 Å². The molecule has 25 heavy (non-hydrogen) atoms. The normalized spacial score (nSPS) is 15.6. The Morgan fingerprint density at radius 2 is 1.80 bits per heavy atom. The first-order valence-corrected chi connectivity index (χ1v) is 9.14. The zero-order valence-corrected chi connectivity index (χ0v) is 15.1. The third-order valence-electron chi connectivity index (χ3n) is 5.26. The summed E-state index contributed by atoms with van der Waals surface area (Å²) < 4.78 is 2.23. The summed E-state index contributed by atoms with van der Waals surface area (Å²) in [7, 11) is 2.12. The largest absolute Gasteiger partial charge is 0.393 e. The third kappa shape index (κ3) is 3.35. The minimum Gasteiger partial charge on any atom is -0.393 e. The molecule has 1 atom stereocenters. The molecule has 0 radical (unpaired) electrons. The topological polar surface area (TPSA) is 28.4 Å². The predicted octanol–water partition coefficient (Wildman–Crippen LogP) is 4.01. The molecular formula is C22H26N2O. The summed E-state index contributed by atoms with van der Waals surface area (Å²) in [5.74, 6) is 0. The van der Waals surface area contributed by atoms with Gasteiger partial charge >= 0.3 is 0 Å². The molecule has 4 rings (SSSR count). The van der Waals surface area contributed by atoms with E-state index in [2.05, 4.69) is 65.2 Å². The highest BCUT2D eigenvalue weighted by atomic mass is 16.3. The van der Waals surface area contributed by atoms with Crippen LogP contribution in [0.25, 0.3) is 10.9 Å². The molecule has 3 aromatic rings. The van der Waals surface area contributed by atoms with Crippen molar-refractivity contribution in [3.8, 4) is 0 Å². The van der Waals surface area contributed by atoms with Crippen LogP contribution in [0.2, 0.25) is 0 Å². The lowest BCUT2D eigenvalue weighted by atomic mass is 10.0. The fourth-order valence-corrected chi connectivity index (χ4v) is 3.95. The van der Waals surface area contributed by atoms with Gasteiger partial charge in [0.05, 0.1) is 6.10 Å². The van der Waals surface area contributed by atoms with Crippen molar-refractivity contribution in [2.45, 2.75) is 45.5 Å². The van der Waals surface area contributed by atoms with Crippen LogP contribution in [0.5, 0.6) is 0 Å². The Morgan fingerprint density at radius 3 is 2.52 bits per heavy atom. The van der Waals surface area contributed by atoms with Crippen LogP contribution in [0.3, 0.4) is 0 Å². The van der Waals surface area contributed by atoms with Gasteiger partial charge in [0.25, 0.3) is 0 Å². The van der Waals surface area contributed by atoms with E-state index in [9.17, 15) is 5.11 Å². The van der Waals surface area contributed by atoms with E-state index in [1.807, 2.05) is 6.92 Å². The second-order valence-corrected chi connectivity index (χ2v) is 7.42. The van der Waals surface area contributed by atoms with Crippen LogP contribution in [0.1, 0.15) is 35.6 Å². The molecule has 2 aromatic carbocycles. The molecule has 1 aromatic heterocycles. The standard InChI is InChI=1S/C22H26N2O/c1-16(25)8-9-18-13-23(2)22-11-20-15-24(14-19(20)10-21(18)22)12-17-6-4-3-5-7-17/h3-7,10-11,13,16,25H,8-9,12,14-15H2,1-2H3. The maximum absolute atomic E-state index is 9.61. The minimum absolute atomic E-state index is 0.244. The van der Waals surface area contributed by atoms with Gasteiger partial charge in [-0.05, 0) is 54.2 Å². The number of hydrogen-bond donors (Lipinski definition) is 1. The summed E-state index contributed by atoms with van der Waals surface area (Å²) in [4.78, 5) is 2.51. The summed E-state index contributed by atoms with van der Waals surface area (Å²) in [5, 5.41) is 11.0. The lowest BCUT2D eigenvalue weighted by Gasteiger charge is -2.14. The van der Waals surface area contributed by atoms with Gasteiger partial charge in [0.2, 0.25) is 0 Å². The van der Waals surface area contributed by atoms with Crippen molar-refractivity contribution in [2.75, 3.05) is 0 Å². The van der Waals surface area contributed by atoms with Gasteiger partial charge in [-0.3, -0.25) is 4.90 Å². The molecule has 130 valence electrons. The van der Waals surface area contributed by atoms with Crippen LogP contribution in [-0.2, 0) is 33.1 Å². The molecule has 0 saturated carbocycles. The van der Waals surface area contributed by atoms with E-state index in [-0.39, 0.29) is 6.10 Å². The summed E-state index contributed by atoms with van der Waals surface area (Å²) in [6, 6.07) is 15.4. The molecule has 0 fully saturated rings. The van der Waals surface area contributed by atoms with Gasteiger partial charge in [-0.15, -0.1) is 0 Å². The van der Waals surface area contributed by atoms with Crippen LogP contribution in [0, 0.1) is 0 Å². The fourth-order valence-electron chi connectivity index (χ4n) is 3.95. The first-order valence-electron chi connectivity index (χ1n) is 9.14. The lowest BCUT2D eigenvalue weighted by Crippen LogP contribution is -2.15. The van der Waals surface area contributed by atoms with Gasteiger partial charge in [-0.25, -0.2) is 0 Å². The Balaban J connectivity index is 1.59. The summed E-state index contributed by atoms with van der Waals surface area (Å²) in [6.07, 6.45) is 3.73. The number of aliphatic hydroxyl groups is 1. The molecule has 0 saturated heterocycles. The molecule has 1 N–H and O–H groups in total. The highest BCUT2D eigenvalue weighted by Crippen LogP contribution is 2.31. The number of hydrogen-bond acceptors (Lipinski definition) is 2. The Kier molecular flexibility index (Phi) is 4.36. The molecule has 0 bridgehead atoms. The molecule has 1 aliphatic heterocycles. The van der Waals surface area contributed by atoms with Gasteiger partial charge in [-0.1, -0.05) is 30.3 Å². The molecule has 0 spiro atoms. The van der Waals surface area contributed by atoms with Crippen molar-refractivity contribution >= 4 is 10.9 Å². The third-order valence-corrected chi connectivity index (χ3v) is 5.26. The molecule has 0 amide bonds. The smallest absolute Gasteiger partial charge is 0.0515 e. The minimum atomic E-state index is -0.244. The Bertz CT molecular complexity index is 880. The van der Waals surface area contributed by atoms with E-state index in [1.165, 1.54) is 33.2 Å². The second kappa shape index (κ2) is 6.66. The van der Waals surface area contributed by atoms with E-state index >= 15 is 0 Å². The monoisotopic (exact) mass is 334 g/mol. The van der Waals surface area contributed by atoms with Crippen molar-refractivity contribution in [2.24, 2.45) is 7.05 Å². The Morgan fingerprint density at radius 1 is 1.08 bits per heavy atom. The number of fused-ring (bicyclic) bond motifs is 2. The van der Waals surface area contributed by atoms with Gasteiger partial charge in [0.15, 0.2) is 0 Å². The van der Waals surface area contributed by atoms with Crippen LogP contribution in [0.15, 0.2) is 48.7 Å². The number of aromatic nitrogens is 1. The van der Waals surface area contributed by atoms with Gasteiger partial charge in [-0.2, -0.15) is 0 Å². The van der Waals surface area contributed by atoms with Gasteiger partial charge < -0.3 is 9.67 Å². The van der Waals surface area contributed by atoms with E-state index in [4.69, 9.17) is 0 Å². The highest BCUT2D eigenvalue weighted by molar-refractivity contribution is 5.85. The number of nitrogens with zero attached hydrogens (tertiary/aromatic N) is 2. The van der Waals surface area contributed by atoms with Crippen molar-refractivity contribution in [1.82, 2.24) is 9.47 Å². The summed E-state index contributed by atoms with van der Waals surface area (Å²) in [6.45, 7) is 4.91. The van der Waals surface area contributed by atoms with E-state index in [0.29, 0.717) is 0 Å². The van der Waals surface area contributed by atoms with E-state index in [1.54, 1.807) is 0 Å². The van der Waals surface area contributed by atoms with Crippen LogP contribution < -0.4 is 0 Å². The van der Waals surface area contributed by atoms with Crippen LogP contribution in [0.4, 0.5) is 0 Å². The van der Waals surface area contributed by atoms with Crippen LogP contribution >= 0.6 is 0 Å². The number of aliphatic hydroxyl groups excluding tert-OH is 1. The van der Waals surface area contributed by atoms with E-state index < -0.39 is 0 Å². The quantitative estimate of drug-likeness (QED) is 0.764. The first-order chi connectivity index (χ1) is 12.1. The fraction of sp³-hybridized carbons (Fsp3) is 0.364. The van der Waals surface area contributed by atoms with E-state index in [0.717, 1.165) is 32.5 Å². The zero-order valence-electron chi connectivity index (χ0n) is 15.1. The summed E-state index contributed by atoms with van der Waals surface area (Å²) in [5.41, 5.74) is 6.93. The van der Waals surface area contributed by atoms with Gasteiger partial charge in [0.1, 0.15) is 0 Å². The molecule has 0 aliphatic carbocycles. The molecule has 3 heteroatoms. The van der Waals surface area contributed by atoms with Crippen molar-refractivity contribution in [1.29, 1.82) is 0 Å². The molecule has 1 aliphatic rings. The average Bonchev–Trinajstić information content (AvgIpc) is 3.12. The maximum atomic E-state index is 9.61. The van der Waals surface area contributed by atoms with Crippen molar-refractivity contribution in [3.05, 3.63) is 70.9 Å². The number of rotatable bonds is 5. The Hall–Kier alpha value is -2.10. The molecule has 1 unspecified atom stereocenters. The number of benzene rings is 2. The number of aryl methyl sites for hydroxylation is 2. The maximum Gasteiger partial charge on any atom is 0.0515 e. The Labute approximate surface area is 149 Å². The average molecular weight is 334 g/mol. The van der Waals surface area contributed by atoms with Crippen molar-refractivity contribution < 1.29 is 5.11 Å². The summed E-state index contributed by atoms with van der Waals surface area (Å²) >= 11 is 0. The zero-order chi connectivity index (χ0) is 17.4. The SMILES string of the molecule is CC(O)CCc1cn(C)c2cc3c(cc12)CN(Cc1ccccc1)C3. The van der Waals surface area contributed by atoms with Crippen molar-refractivity contribution in [3.63, 3.8) is 0 Å². The first kappa shape index (κ1) is 16.4. The molecule has 3 nitrogen and oxygen atoms in total.